The van der Waals surface area contributed by atoms with Crippen LogP contribution in [0, 0.1) is 5.92 Å². The lowest BCUT2D eigenvalue weighted by atomic mass is 9.97. The van der Waals surface area contributed by atoms with Gasteiger partial charge in [-0.3, -0.25) is 4.98 Å². The predicted molar refractivity (Wildman–Crippen MR) is 121 cm³/mol. The van der Waals surface area contributed by atoms with Crippen molar-refractivity contribution in [2.45, 2.75) is 56.7 Å². The Bertz CT molecular complexity index is 1020. The van der Waals surface area contributed by atoms with E-state index in [1.165, 1.54) is 6.07 Å². The van der Waals surface area contributed by atoms with Crippen LogP contribution < -0.4 is 10.5 Å². The number of hydrogen-bond donors (Lipinski definition) is 2. The van der Waals surface area contributed by atoms with Crippen LogP contribution in [0.4, 0.5) is 10.6 Å². The van der Waals surface area contributed by atoms with E-state index < -0.39 is 15.6 Å². The Kier molecular flexibility index (Phi) is 7.35. The van der Waals surface area contributed by atoms with E-state index in [0.717, 1.165) is 25.0 Å². The fourth-order valence-electron chi connectivity index (χ4n) is 3.67. The summed E-state index contributed by atoms with van der Waals surface area (Å²) in [7, 11) is -3.89. The number of likely N-dealkylation sites (tertiary alicyclic amines) is 1. The molecule has 2 atom stereocenters. The molecule has 1 aliphatic rings. The molecule has 9 nitrogen and oxygen atoms in total. The Hall–Kier alpha value is -2.72. The van der Waals surface area contributed by atoms with Crippen molar-refractivity contribution < 1.29 is 17.9 Å². The smallest absolute Gasteiger partial charge is 0.410 e. The molecule has 1 aliphatic heterocycles. The maximum Gasteiger partial charge on any atom is 0.410 e. The van der Waals surface area contributed by atoms with Crippen molar-refractivity contribution >= 4 is 21.9 Å². The topological polar surface area (TPSA) is 128 Å². The highest BCUT2D eigenvalue weighted by molar-refractivity contribution is 7.89. The Morgan fingerprint density at radius 3 is 2.72 bits per heavy atom. The summed E-state index contributed by atoms with van der Waals surface area (Å²) >= 11 is 0. The lowest BCUT2D eigenvalue weighted by Gasteiger charge is -2.24. The largest absolute Gasteiger partial charge is 0.444 e. The number of carbonyl (C=O) groups is 1. The van der Waals surface area contributed by atoms with Gasteiger partial charge in [0.15, 0.2) is 5.03 Å². The zero-order valence-corrected chi connectivity index (χ0v) is 19.5. The van der Waals surface area contributed by atoms with Gasteiger partial charge in [-0.25, -0.2) is 23.3 Å². The van der Waals surface area contributed by atoms with Gasteiger partial charge >= 0.3 is 6.09 Å². The molecule has 3 N–H and O–H groups in total. The van der Waals surface area contributed by atoms with Crippen molar-refractivity contribution in [1.29, 1.82) is 0 Å². The molecule has 0 aliphatic carbocycles. The summed E-state index contributed by atoms with van der Waals surface area (Å²) in [5.41, 5.74) is 0.319. The summed E-state index contributed by atoms with van der Waals surface area (Å²) in [6.45, 7) is 6.92. The number of nitrogens with one attached hydrogen (secondary N) is 1. The van der Waals surface area contributed by atoms with Gasteiger partial charge < -0.3 is 15.0 Å². The van der Waals surface area contributed by atoms with Gasteiger partial charge in [-0.15, -0.1) is 0 Å². The Morgan fingerprint density at radius 1 is 1.28 bits per heavy atom. The van der Waals surface area contributed by atoms with E-state index in [9.17, 15) is 13.2 Å². The number of carbonyl (C=O) groups excluding carboxylic acids is 1. The number of primary sulfonamides is 1. The maximum atomic E-state index is 12.3. The van der Waals surface area contributed by atoms with Crippen LogP contribution in [-0.4, -0.2) is 48.1 Å². The number of sulfonamides is 1. The molecule has 0 spiro atoms. The lowest BCUT2D eigenvalue weighted by Crippen LogP contribution is -2.35. The molecular formula is C22H31N5O4S. The van der Waals surface area contributed by atoms with Crippen LogP contribution in [0.3, 0.4) is 0 Å². The molecule has 0 saturated carbocycles. The third-order valence-corrected chi connectivity index (χ3v) is 5.99. The summed E-state index contributed by atoms with van der Waals surface area (Å²) in [6, 6.07) is 10.2. The molecule has 10 heteroatoms. The van der Waals surface area contributed by atoms with Gasteiger partial charge in [-0.1, -0.05) is 12.1 Å². The second-order valence-electron chi connectivity index (χ2n) is 9.02. The van der Waals surface area contributed by atoms with Gasteiger partial charge in [0, 0.05) is 19.3 Å². The first-order valence-corrected chi connectivity index (χ1v) is 12.2. The Labute approximate surface area is 189 Å². The maximum absolute atomic E-state index is 12.3. The first-order valence-electron chi connectivity index (χ1n) is 10.7. The number of ether oxygens (including phenoxy) is 1. The minimum Gasteiger partial charge on any atom is -0.444 e. The Balaban J connectivity index is 1.66. The number of amides is 1. The molecule has 2 aromatic rings. The average Bonchev–Trinajstić information content (AvgIpc) is 3.19. The van der Waals surface area contributed by atoms with Crippen molar-refractivity contribution in [2.24, 2.45) is 11.1 Å². The molecule has 0 radical (unpaired) electrons. The fourth-order valence-corrected chi connectivity index (χ4v) is 4.17. The van der Waals surface area contributed by atoms with Gasteiger partial charge in [0.2, 0.25) is 0 Å². The van der Waals surface area contributed by atoms with Gasteiger partial charge in [-0.05, 0) is 70.2 Å². The molecule has 2 aromatic heterocycles. The van der Waals surface area contributed by atoms with E-state index in [4.69, 9.17) is 9.88 Å². The third-order valence-electron chi connectivity index (χ3n) is 5.18. The summed E-state index contributed by atoms with van der Waals surface area (Å²) in [5.74, 6) is 0.758. The molecular weight excluding hydrogens is 430 g/mol. The van der Waals surface area contributed by atoms with E-state index in [1.807, 2.05) is 39.0 Å². The molecule has 0 bridgehead atoms. The van der Waals surface area contributed by atoms with Crippen LogP contribution in [0.25, 0.3) is 0 Å². The van der Waals surface area contributed by atoms with E-state index in [0.29, 0.717) is 24.8 Å². The van der Waals surface area contributed by atoms with Crippen LogP contribution in [-0.2, 0) is 14.8 Å². The minimum atomic E-state index is -3.89. The zero-order valence-electron chi connectivity index (χ0n) is 18.7. The predicted octanol–water partition coefficient (Wildman–Crippen LogP) is 3.31. The highest BCUT2D eigenvalue weighted by Gasteiger charge is 2.30. The SMILES string of the molecule is CC(C)(C)OC(=O)N1CC[C@H](CCC(Nc2cccc(S(N)(=O)=O)n2)c2ccccn2)C1. The quantitative estimate of drug-likeness (QED) is 0.647. The van der Waals surface area contributed by atoms with Crippen molar-refractivity contribution in [2.75, 3.05) is 18.4 Å². The normalized spacial score (nSPS) is 17.8. The van der Waals surface area contributed by atoms with Crippen LogP contribution in [0.2, 0.25) is 0 Å². The highest BCUT2D eigenvalue weighted by atomic mass is 32.2. The molecule has 174 valence electrons. The summed E-state index contributed by atoms with van der Waals surface area (Å²) in [6.07, 6.45) is 3.96. The molecule has 1 amide bonds. The van der Waals surface area contributed by atoms with Crippen LogP contribution in [0.15, 0.2) is 47.6 Å². The van der Waals surface area contributed by atoms with E-state index >= 15 is 0 Å². The van der Waals surface area contributed by atoms with Crippen LogP contribution in [0.5, 0.6) is 0 Å². The average molecular weight is 462 g/mol. The number of hydrogen-bond acceptors (Lipinski definition) is 7. The van der Waals surface area contributed by atoms with E-state index in [2.05, 4.69) is 15.3 Å². The van der Waals surface area contributed by atoms with Gasteiger partial charge in [0.25, 0.3) is 10.0 Å². The van der Waals surface area contributed by atoms with E-state index in [-0.39, 0.29) is 17.2 Å². The zero-order chi connectivity index (χ0) is 23.4. The Morgan fingerprint density at radius 2 is 2.06 bits per heavy atom. The molecule has 1 unspecified atom stereocenters. The molecule has 32 heavy (non-hydrogen) atoms. The molecule has 0 aromatic carbocycles. The van der Waals surface area contributed by atoms with Crippen molar-refractivity contribution in [3.05, 3.63) is 48.3 Å². The third kappa shape index (κ3) is 6.89. The molecule has 1 fully saturated rings. The summed E-state index contributed by atoms with van der Waals surface area (Å²) in [4.78, 5) is 22.7. The van der Waals surface area contributed by atoms with Crippen molar-refractivity contribution in [3.8, 4) is 0 Å². The monoisotopic (exact) mass is 461 g/mol. The molecule has 3 heterocycles. The standard InChI is InChI=1S/C22H31N5O4S/c1-22(2,3)31-21(28)27-14-12-16(15-27)10-11-18(17-7-4-5-13-24-17)25-19-8-6-9-20(26-19)32(23,29)30/h4-9,13,16,18H,10-12,14-15H2,1-3H3,(H,25,26)(H2,23,29,30)/t16-,18?/m0/s1. The summed E-state index contributed by atoms with van der Waals surface area (Å²) in [5, 5.41) is 8.32. The number of nitrogens with two attached hydrogens (primary N) is 1. The minimum absolute atomic E-state index is 0.171. The second-order valence-corrected chi connectivity index (χ2v) is 10.5. The first kappa shape index (κ1) is 23.9. The van der Waals surface area contributed by atoms with Crippen LogP contribution in [0.1, 0.15) is 51.8 Å². The van der Waals surface area contributed by atoms with Crippen LogP contribution >= 0.6 is 0 Å². The van der Waals surface area contributed by atoms with E-state index in [1.54, 1.807) is 23.2 Å². The van der Waals surface area contributed by atoms with Gasteiger partial charge in [0.1, 0.15) is 11.4 Å². The first-order chi connectivity index (χ1) is 15.0. The number of nitrogens with zero attached hydrogens (tertiary/aromatic N) is 3. The second kappa shape index (κ2) is 9.83. The number of anilines is 1. The number of rotatable bonds is 7. The number of pyridine rings is 2. The highest BCUT2D eigenvalue weighted by Crippen LogP contribution is 2.28. The van der Waals surface area contributed by atoms with Gasteiger partial charge in [-0.2, -0.15) is 0 Å². The lowest BCUT2D eigenvalue weighted by molar-refractivity contribution is 0.0287. The molecule has 1 saturated heterocycles. The van der Waals surface area contributed by atoms with Gasteiger partial charge in [0.05, 0.1) is 11.7 Å². The van der Waals surface area contributed by atoms with Crippen molar-refractivity contribution in [3.63, 3.8) is 0 Å². The van der Waals surface area contributed by atoms with Crippen molar-refractivity contribution in [1.82, 2.24) is 14.9 Å². The molecule has 3 rings (SSSR count). The summed E-state index contributed by atoms with van der Waals surface area (Å²) < 4.78 is 28.8. The fraction of sp³-hybridized carbons (Fsp3) is 0.500. The number of aromatic nitrogens is 2.